The first-order valence-electron chi connectivity index (χ1n) is 4.35. The molecule has 0 fully saturated rings. The SMILES string of the molecule is NCCSCCc1cccc(Br)c1. The molecule has 1 aromatic carbocycles. The molecule has 0 unspecified atom stereocenters. The van der Waals surface area contributed by atoms with E-state index in [0.717, 1.165) is 28.9 Å². The Bertz CT molecular complexity index is 252. The predicted octanol–water partition coefficient (Wildman–Crippen LogP) is 2.68. The zero-order chi connectivity index (χ0) is 9.52. The van der Waals surface area contributed by atoms with Crippen molar-refractivity contribution in [1.29, 1.82) is 0 Å². The first-order chi connectivity index (χ1) is 6.33. The van der Waals surface area contributed by atoms with Crippen LogP contribution in [-0.2, 0) is 6.42 Å². The molecule has 13 heavy (non-hydrogen) atoms. The molecule has 0 aliphatic rings. The molecule has 0 amide bonds. The van der Waals surface area contributed by atoms with Gasteiger partial charge in [0.05, 0.1) is 0 Å². The molecule has 0 bridgehead atoms. The minimum absolute atomic E-state index is 0.781. The molecule has 0 aromatic heterocycles. The Morgan fingerprint density at radius 2 is 2.15 bits per heavy atom. The van der Waals surface area contributed by atoms with Crippen LogP contribution in [-0.4, -0.2) is 18.1 Å². The van der Waals surface area contributed by atoms with Crippen molar-refractivity contribution < 1.29 is 0 Å². The largest absolute Gasteiger partial charge is 0.330 e. The first kappa shape index (κ1) is 11.1. The summed E-state index contributed by atoms with van der Waals surface area (Å²) in [6, 6.07) is 8.46. The molecule has 0 aliphatic heterocycles. The Hall–Kier alpha value is 0.01000. The molecular formula is C10H14BrNS. The average Bonchev–Trinajstić information content (AvgIpc) is 2.13. The van der Waals surface area contributed by atoms with Crippen molar-refractivity contribution in [1.82, 2.24) is 0 Å². The van der Waals surface area contributed by atoms with Crippen molar-refractivity contribution in [2.75, 3.05) is 18.1 Å². The maximum absolute atomic E-state index is 5.40. The number of benzene rings is 1. The summed E-state index contributed by atoms with van der Waals surface area (Å²) in [5.41, 5.74) is 6.79. The molecule has 0 aliphatic carbocycles. The summed E-state index contributed by atoms with van der Waals surface area (Å²) in [6.07, 6.45) is 1.13. The van der Waals surface area contributed by atoms with Crippen LogP contribution in [0.5, 0.6) is 0 Å². The molecular weight excluding hydrogens is 246 g/mol. The van der Waals surface area contributed by atoms with Gasteiger partial charge in [0.1, 0.15) is 0 Å². The van der Waals surface area contributed by atoms with Crippen LogP contribution < -0.4 is 5.73 Å². The third-order valence-electron chi connectivity index (χ3n) is 1.69. The van der Waals surface area contributed by atoms with Gasteiger partial charge >= 0.3 is 0 Å². The molecule has 0 heterocycles. The zero-order valence-electron chi connectivity index (χ0n) is 7.50. The van der Waals surface area contributed by atoms with Crippen LogP contribution in [0.1, 0.15) is 5.56 Å². The molecule has 72 valence electrons. The van der Waals surface area contributed by atoms with Gasteiger partial charge in [-0.15, -0.1) is 0 Å². The van der Waals surface area contributed by atoms with Crippen molar-refractivity contribution in [3.63, 3.8) is 0 Å². The average molecular weight is 260 g/mol. The van der Waals surface area contributed by atoms with E-state index in [2.05, 4.69) is 40.2 Å². The lowest BCUT2D eigenvalue weighted by Gasteiger charge is -2.01. The van der Waals surface area contributed by atoms with E-state index in [-0.39, 0.29) is 0 Å². The second-order valence-electron chi connectivity index (χ2n) is 2.78. The van der Waals surface area contributed by atoms with Crippen molar-refractivity contribution in [2.24, 2.45) is 5.73 Å². The summed E-state index contributed by atoms with van der Waals surface area (Å²) in [4.78, 5) is 0. The van der Waals surface area contributed by atoms with E-state index in [1.54, 1.807) is 0 Å². The van der Waals surface area contributed by atoms with Crippen LogP contribution in [0.25, 0.3) is 0 Å². The predicted molar refractivity (Wildman–Crippen MR) is 64.2 cm³/mol. The molecule has 3 heteroatoms. The van der Waals surface area contributed by atoms with E-state index >= 15 is 0 Å². The first-order valence-corrected chi connectivity index (χ1v) is 6.30. The maximum atomic E-state index is 5.40. The Balaban J connectivity index is 2.28. The van der Waals surface area contributed by atoms with Crippen molar-refractivity contribution in [3.05, 3.63) is 34.3 Å². The summed E-state index contributed by atoms with van der Waals surface area (Å²) in [7, 11) is 0. The number of thioether (sulfide) groups is 1. The highest BCUT2D eigenvalue weighted by atomic mass is 79.9. The highest BCUT2D eigenvalue weighted by molar-refractivity contribution is 9.10. The van der Waals surface area contributed by atoms with Crippen LogP contribution in [0.15, 0.2) is 28.7 Å². The lowest BCUT2D eigenvalue weighted by molar-refractivity contribution is 1.12. The number of hydrogen-bond donors (Lipinski definition) is 1. The van der Waals surface area contributed by atoms with Crippen molar-refractivity contribution in [3.8, 4) is 0 Å². The Kier molecular flexibility index (Phi) is 5.51. The molecule has 2 N–H and O–H groups in total. The quantitative estimate of drug-likeness (QED) is 0.824. The fourth-order valence-corrected chi connectivity index (χ4v) is 2.27. The lowest BCUT2D eigenvalue weighted by atomic mass is 10.2. The fraction of sp³-hybridized carbons (Fsp3) is 0.400. The Morgan fingerprint density at radius 3 is 2.85 bits per heavy atom. The summed E-state index contributed by atoms with van der Waals surface area (Å²) in [6.45, 7) is 0.781. The number of nitrogens with two attached hydrogens (primary N) is 1. The van der Waals surface area contributed by atoms with Crippen molar-refractivity contribution >= 4 is 27.7 Å². The Labute approximate surface area is 92.2 Å². The summed E-state index contributed by atoms with van der Waals surface area (Å²) < 4.78 is 1.16. The van der Waals surface area contributed by atoms with Crippen LogP contribution in [0.2, 0.25) is 0 Å². The van der Waals surface area contributed by atoms with Crippen LogP contribution in [0.4, 0.5) is 0 Å². The number of rotatable bonds is 5. The molecule has 0 saturated heterocycles. The lowest BCUT2D eigenvalue weighted by Crippen LogP contribution is -2.02. The number of halogens is 1. The monoisotopic (exact) mass is 259 g/mol. The standard InChI is InChI=1S/C10H14BrNS/c11-10-3-1-2-9(8-10)4-6-13-7-5-12/h1-3,8H,4-7,12H2. The van der Waals surface area contributed by atoms with Gasteiger partial charge in [0.2, 0.25) is 0 Å². The highest BCUT2D eigenvalue weighted by Crippen LogP contribution is 2.13. The Morgan fingerprint density at radius 1 is 1.31 bits per heavy atom. The highest BCUT2D eigenvalue weighted by Gasteiger charge is 1.93. The van der Waals surface area contributed by atoms with Gasteiger partial charge in [0.15, 0.2) is 0 Å². The molecule has 1 aromatic rings. The van der Waals surface area contributed by atoms with Gasteiger partial charge < -0.3 is 5.73 Å². The van der Waals surface area contributed by atoms with Crippen LogP contribution in [0, 0.1) is 0 Å². The molecule has 0 radical (unpaired) electrons. The topological polar surface area (TPSA) is 26.0 Å². The van der Waals surface area contributed by atoms with Gasteiger partial charge in [-0.25, -0.2) is 0 Å². The van der Waals surface area contributed by atoms with E-state index in [1.807, 2.05) is 11.8 Å². The zero-order valence-corrected chi connectivity index (χ0v) is 9.90. The number of aryl methyl sites for hydroxylation is 1. The molecule has 0 saturated carbocycles. The minimum atomic E-state index is 0.781. The molecule has 0 spiro atoms. The van der Waals surface area contributed by atoms with E-state index < -0.39 is 0 Å². The molecule has 0 atom stereocenters. The van der Waals surface area contributed by atoms with Crippen LogP contribution in [0.3, 0.4) is 0 Å². The fourth-order valence-electron chi connectivity index (χ4n) is 1.07. The van der Waals surface area contributed by atoms with Gasteiger partial charge in [-0.2, -0.15) is 11.8 Å². The van der Waals surface area contributed by atoms with E-state index in [9.17, 15) is 0 Å². The number of hydrogen-bond acceptors (Lipinski definition) is 2. The maximum Gasteiger partial charge on any atom is 0.0178 e. The summed E-state index contributed by atoms with van der Waals surface area (Å²) in [5.74, 6) is 2.22. The smallest absolute Gasteiger partial charge is 0.0178 e. The van der Waals surface area contributed by atoms with Crippen molar-refractivity contribution in [2.45, 2.75) is 6.42 Å². The normalized spacial score (nSPS) is 10.3. The molecule has 1 rings (SSSR count). The van der Waals surface area contributed by atoms with E-state index in [1.165, 1.54) is 5.56 Å². The third kappa shape index (κ3) is 4.69. The second-order valence-corrected chi connectivity index (χ2v) is 4.92. The second kappa shape index (κ2) is 6.46. The van der Waals surface area contributed by atoms with Crippen LogP contribution >= 0.6 is 27.7 Å². The van der Waals surface area contributed by atoms with Gasteiger partial charge in [-0.05, 0) is 29.9 Å². The van der Waals surface area contributed by atoms with Gasteiger partial charge in [-0.1, -0.05) is 28.1 Å². The van der Waals surface area contributed by atoms with Gasteiger partial charge in [0, 0.05) is 16.8 Å². The van der Waals surface area contributed by atoms with E-state index in [0.29, 0.717) is 0 Å². The van der Waals surface area contributed by atoms with E-state index in [4.69, 9.17) is 5.73 Å². The third-order valence-corrected chi connectivity index (χ3v) is 3.20. The summed E-state index contributed by atoms with van der Waals surface area (Å²) in [5, 5.41) is 0. The van der Waals surface area contributed by atoms with Gasteiger partial charge in [-0.3, -0.25) is 0 Å². The summed E-state index contributed by atoms with van der Waals surface area (Å²) >= 11 is 5.37. The molecule has 1 nitrogen and oxygen atoms in total. The van der Waals surface area contributed by atoms with Gasteiger partial charge in [0.25, 0.3) is 0 Å². The minimum Gasteiger partial charge on any atom is -0.330 e.